The lowest BCUT2D eigenvalue weighted by atomic mass is 10.0. The van der Waals surface area contributed by atoms with Gasteiger partial charge in [-0.2, -0.15) is 0 Å². The molecule has 0 N–H and O–H groups in total. The first-order valence-electron chi connectivity index (χ1n) is 4.85. The zero-order chi connectivity index (χ0) is 9.72. The van der Waals surface area contributed by atoms with Crippen molar-refractivity contribution < 1.29 is 0 Å². The summed E-state index contributed by atoms with van der Waals surface area (Å²) in [6, 6.07) is 0. The second kappa shape index (κ2) is 6.00. The van der Waals surface area contributed by atoms with Crippen LogP contribution in [0.4, 0.5) is 0 Å². The summed E-state index contributed by atoms with van der Waals surface area (Å²) in [6.45, 7) is 6.82. The third kappa shape index (κ3) is 3.46. The van der Waals surface area contributed by atoms with Crippen molar-refractivity contribution >= 4 is 19.3 Å². The molecule has 0 aromatic heterocycles. The molecule has 1 nitrogen and oxygen atoms in total. The van der Waals surface area contributed by atoms with Crippen LogP contribution in [0, 0.1) is 5.92 Å². The first kappa shape index (κ1) is 12.5. The SMILES string of the molecule is CCC(C)C(CC)[SiH](Cl)N(C)C. The van der Waals surface area contributed by atoms with Gasteiger partial charge in [-0.05, 0) is 25.6 Å². The number of hydrogen-bond donors (Lipinski definition) is 0. The molecule has 12 heavy (non-hydrogen) atoms. The molecule has 0 heterocycles. The van der Waals surface area contributed by atoms with E-state index in [4.69, 9.17) is 11.1 Å². The second-order valence-corrected chi connectivity index (χ2v) is 7.77. The van der Waals surface area contributed by atoms with Gasteiger partial charge in [-0.15, -0.1) is 11.1 Å². The fraction of sp³-hybridized carbons (Fsp3) is 1.00. The molecule has 0 spiro atoms. The van der Waals surface area contributed by atoms with Gasteiger partial charge in [0.05, 0.1) is 0 Å². The maximum absolute atomic E-state index is 6.42. The highest BCUT2D eigenvalue weighted by Gasteiger charge is 2.25. The van der Waals surface area contributed by atoms with E-state index in [9.17, 15) is 0 Å². The van der Waals surface area contributed by atoms with E-state index in [1.165, 1.54) is 12.8 Å². The van der Waals surface area contributed by atoms with Gasteiger partial charge in [-0.3, -0.25) is 0 Å². The van der Waals surface area contributed by atoms with Crippen LogP contribution in [-0.2, 0) is 0 Å². The van der Waals surface area contributed by atoms with Gasteiger partial charge in [-0.25, -0.2) is 0 Å². The highest BCUT2D eigenvalue weighted by atomic mass is 35.6. The lowest BCUT2D eigenvalue weighted by Gasteiger charge is -2.29. The van der Waals surface area contributed by atoms with Gasteiger partial charge in [0.15, 0.2) is 0 Å². The second-order valence-electron chi connectivity index (χ2n) is 3.79. The Morgan fingerprint density at radius 3 is 2.00 bits per heavy atom. The third-order valence-electron chi connectivity index (χ3n) is 2.69. The standard InChI is InChI=1S/C9H22ClNSi/c1-6-8(3)9(7-2)12(10)11(4)5/h8-9,12H,6-7H2,1-5H3. The first-order valence-corrected chi connectivity index (χ1v) is 7.77. The molecule has 3 heteroatoms. The summed E-state index contributed by atoms with van der Waals surface area (Å²) in [4.78, 5) is 0. The summed E-state index contributed by atoms with van der Waals surface area (Å²) in [5, 5.41) is 0. The average molecular weight is 208 g/mol. The van der Waals surface area contributed by atoms with Crippen LogP contribution in [0.5, 0.6) is 0 Å². The van der Waals surface area contributed by atoms with Crippen LogP contribution in [0.3, 0.4) is 0 Å². The Morgan fingerprint density at radius 1 is 1.25 bits per heavy atom. The van der Waals surface area contributed by atoms with Crippen molar-refractivity contribution in [3.05, 3.63) is 0 Å². The molecule has 0 rings (SSSR count). The number of hydrogen-bond acceptors (Lipinski definition) is 1. The van der Waals surface area contributed by atoms with Gasteiger partial charge in [0.2, 0.25) is 8.27 Å². The summed E-state index contributed by atoms with van der Waals surface area (Å²) in [6.07, 6.45) is 2.48. The van der Waals surface area contributed by atoms with E-state index in [0.717, 1.165) is 11.5 Å². The fourth-order valence-electron chi connectivity index (χ4n) is 1.55. The Bertz CT molecular complexity index is 119. The van der Waals surface area contributed by atoms with Crippen LogP contribution in [-0.4, -0.2) is 26.9 Å². The fourth-order valence-corrected chi connectivity index (χ4v) is 4.80. The molecule has 0 aromatic rings. The van der Waals surface area contributed by atoms with Crippen LogP contribution in [0.2, 0.25) is 5.54 Å². The van der Waals surface area contributed by atoms with Crippen molar-refractivity contribution in [3.8, 4) is 0 Å². The van der Waals surface area contributed by atoms with Crippen LogP contribution in [0.1, 0.15) is 33.6 Å². The molecule has 0 bridgehead atoms. The van der Waals surface area contributed by atoms with E-state index >= 15 is 0 Å². The van der Waals surface area contributed by atoms with E-state index in [1.807, 2.05) is 0 Å². The van der Waals surface area contributed by atoms with Crippen molar-refractivity contribution in [3.63, 3.8) is 0 Å². The van der Waals surface area contributed by atoms with Gasteiger partial charge >= 0.3 is 0 Å². The maximum Gasteiger partial charge on any atom is 0.216 e. The first-order chi connectivity index (χ1) is 5.54. The lowest BCUT2D eigenvalue weighted by molar-refractivity contribution is 0.478. The summed E-state index contributed by atoms with van der Waals surface area (Å²) in [5.74, 6) is 0.784. The predicted molar refractivity (Wildman–Crippen MR) is 60.2 cm³/mol. The van der Waals surface area contributed by atoms with Gasteiger partial charge in [0.1, 0.15) is 0 Å². The summed E-state index contributed by atoms with van der Waals surface area (Å²) in [7, 11) is 3.05. The quantitative estimate of drug-likeness (QED) is 0.495. The predicted octanol–water partition coefficient (Wildman–Crippen LogP) is 2.83. The Hall–Kier alpha value is 0.467. The van der Waals surface area contributed by atoms with Crippen molar-refractivity contribution in [2.24, 2.45) is 5.92 Å². The number of nitrogens with zero attached hydrogens (tertiary/aromatic N) is 1. The van der Waals surface area contributed by atoms with Crippen LogP contribution in [0.25, 0.3) is 0 Å². The van der Waals surface area contributed by atoms with Crippen molar-refractivity contribution in [2.75, 3.05) is 14.1 Å². The maximum atomic E-state index is 6.42. The minimum Gasteiger partial charge on any atom is -0.319 e. The molecule has 0 saturated carbocycles. The molecule has 0 radical (unpaired) electrons. The molecule has 0 amide bonds. The minimum absolute atomic E-state index is 0.756. The van der Waals surface area contributed by atoms with E-state index in [1.54, 1.807) is 0 Å². The summed E-state index contributed by atoms with van der Waals surface area (Å²) < 4.78 is 2.24. The third-order valence-corrected chi connectivity index (χ3v) is 7.66. The average Bonchev–Trinajstić information content (AvgIpc) is 2.05. The van der Waals surface area contributed by atoms with Crippen molar-refractivity contribution in [2.45, 2.75) is 39.2 Å². The van der Waals surface area contributed by atoms with Gasteiger partial charge in [0.25, 0.3) is 0 Å². The molecule has 3 unspecified atom stereocenters. The number of rotatable bonds is 5. The molecule has 3 atom stereocenters. The lowest BCUT2D eigenvalue weighted by Crippen LogP contribution is -2.34. The Balaban J connectivity index is 4.13. The van der Waals surface area contributed by atoms with E-state index < -0.39 is 8.27 Å². The molecule has 0 aliphatic rings. The Labute approximate surface area is 83.5 Å². The van der Waals surface area contributed by atoms with E-state index in [-0.39, 0.29) is 0 Å². The number of halogens is 1. The Kier molecular flexibility index (Phi) is 6.24. The minimum atomic E-state index is -1.16. The summed E-state index contributed by atoms with van der Waals surface area (Å²) in [5.41, 5.74) is 0.756. The highest BCUT2D eigenvalue weighted by molar-refractivity contribution is 7.06. The zero-order valence-corrected chi connectivity index (χ0v) is 10.9. The molecular weight excluding hydrogens is 186 g/mol. The molecule has 0 saturated heterocycles. The summed E-state index contributed by atoms with van der Waals surface area (Å²) >= 11 is 6.42. The topological polar surface area (TPSA) is 3.24 Å². The zero-order valence-electron chi connectivity index (χ0n) is 8.97. The van der Waals surface area contributed by atoms with E-state index in [0.29, 0.717) is 0 Å². The van der Waals surface area contributed by atoms with Gasteiger partial charge in [-0.1, -0.05) is 33.6 Å². The molecule has 0 aromatic carbocycles. The monoisotopic (exact) mass is 207 g/mol. The molecule has 0 aliphatic carbocycles. The highest BCUT2D eigenvalue weighted by Crippen LogP contribution is 2.30. The smallest absolute Gasteiger partial charge is 0.216 e. The Morgan fingerprint density at radius 2 is 1.75 bits per heavy atom. The molecular formula is C9H22ClNSi. The van der Waals surface area contributed by atoms with Crippen LogP contribution in [0.15, 0.2) is 0 Å². The van der Waals surface area contributed by atoms with Crippen LogP contribution >= 0.6 is 11.1 Å². The van der Waals surface area contributed by atoms with Gasteiger partial charge in [0, 0.05) is 0 Å². The normalized spacial score (nSPS) is 19.2. The van der Waals surface area contributed by atoms with Crippen molar-refractivity contribution in [1.29, 1.82) is 0 Å². The molecule has 74 valence electrons. The van der Waals surface area contributed by atoms with E-state index in [2.05, 4.69) is 39.4 Å². The molecule has 0 fully saturated rings. The van der Waals surface area contributed by atoms with Crippen molar-refractivity contribution in [1.82, 2.24) is 4.57 Å². The molecule has 0 aliphatic heterocycles. The largest absolute Gasteiger partial charge is 0.319 e. The van der Waals surface area contributed by atoms with Crippen LogP contribution < -0.4 is 0 Å². The van der Waals surface area contributed by atoms with Gasteiger partial charge < -0.3 is 4.57 Å².